The van der Waals surface area contributed by atoms with Gasteiger partial charge in [-0.3, -0.25) is 14.5 Å². The van der Waals surface area contributed by atoms with E-state index in [-0.39, 0.29) is 42.3 Å². The minimum atomic E-state index is -0.607. The summed E-state index contributed by atoms with van der Waals surface area (Å²) in [5.74, 6) is -1.82. The van der Waals surface area contributed by atoms with Crippen LogP contribution in [-0.2, 0) is 16.0 Å². The minimum Gasteiger partial charge on any atom is -0.369 e. The lowest BCUT2D eigenvalue weighted by Gasteiger charge is -2.30. The van der Waals surface area contributed by atoms with Gasteiger partial charge in [-0.25, -0.2) is 8.78 Å². The zero-order chi connectivity index (χ0) is 17.7. The fourth-order valence-electron chi connectivity index (χ4n) is 2.98. The van der Waals surface area contributed by atoms with Gasteiger partial charge in [0.2, 0.25) is 11.8 Å². The van der Waals surface area contributed by atoms with Gasteiger partial charge in [-0.1, -0.05) is 6.07 Å². The summed E-state index contributed by atoms with van der Waals surface area (Å²) in [4.78, 5) is 25.1. The van der Waals surface area contributed by atoms with E-state index in [1.165, 1.54) is 18.2 Å². The summed E-state index contributed by atoms with van der Waals surface area (Å²) in [6, 6.07) is 3.34. The predicted octanol–water partition coefficient (Wildman–Crippen LogP) is 1.21. The molecule has 1 aromatic carbocycles. The molecule has 1 aliphatic rings. The number of primary amides is 1. The van der Waals surface area contributed by atoms with Crippen molar-refractivity contribution < 1.29 is 18.4 Å². The quantitative estimate of drug-likeness (QED) is 0.818. The summed E-state index contributed by atoms with van der Waals surface area (Å²) in [7, 11) is 0. The molecule has 132 valence electrons. The number of nitrogens with zero attached hydrogens (tertiary/aromatic N) is 1. The number of nitrogens with one attached hydrogen (secondary N) is 1. The van der Waals surface area contributed by atoms with Crippen LogP contribution in [0.1, 0.15) is 25.3 Å². The Bertz CT molecular complexity index is 581. The molecule has 7 heteroatoms. The van der Waals surface area contributed by atoms with Crippen molar-refractivity contribution in [2.45, 2.75) is 32.2 Å². The van der Waals surface area contributed by atoms with Crippen molar-refractivity contribution in [3.8, 4) is 0 Å². The first-order valence-electron chi connectivity index (χ1n) is 8.10. The van der Waals surface area contributed by atoms with E-state index >= 15 is 0 Å². The number of nitrogens with two attached hydrogens (primary N) is 1. The summed E-state index contributed by atoms with van der Waals surface area (Å²) in [6.45, 7) is 3.19. The molecule has 2 rings (SSSR count). The number of benzene rings is 1. The lowest BCUT2D eigenvalue weighted by Crippen LogP contribution is -2.45. The van der Waals surface area contributed by atoms with Crippen LogP contribution in [0.25, 0.3) is 0 Å². The van der Waals surface area contributed by atoms with Gasteiger partial charge in [0.25, 0.3) is 0 Å². The summed E-state index contributed by atoms with van der Waals surface area (Å²) in [6.07, 6.45) is 1.39. The van der Waals surface area contributed by atoms with Crippen LogP contribution in [0.5, 0.6) is 0 Å². The highest BCUT2D eigenvalue weighted by Gasteiger charge is 2.24. The second-order valence-electron chi connectivity index (χ2n) is 6.33. The molecule has 5 nitrogen and oxygen atoms in total. The maximum Gasteiger partial charge on any atom is 0.234 e. The van der Waals surface area contributed by atoms with E-state index in [1.807, 2.05) is 4.90 Å². The van der Waals surface area contributed by atoms with Crippen molar-refractivity contribution in [2.24, 2.45) is 11.7 Å². The van der Waals surface area contributed by atoms with Crippen LogP contribution >= 0.6 is 0 Å². The molecule has 0 bridgehead atoms. The largest absolute Gasteiger partial charge is 0.369 e. The number of carbonyl (C=O) groups is 2. The van der Waals surface area contributed by atoms with E-state index in [9.17, 15) is 18.4 Å². The normalized spacial score (nSPS) is 17.5. The van der Waals surface area contributed by atoms with Crippen molar-refractivity contribution in [3.05, 3.63) is 35.4 Å². The second-order valence-corrected chi connectivity index (χ2v) is 6.33. The van der Waals surface area contributed by atoms with Crippen LogP contribution in [0.2, 0.25) is 0 Å². The van der Waals surface area contributed by atoms with Crippen molar-refractivity contribution in [1.29, 1.82) is 0 Å². The van der Waals surface area contributed by atoms with Crippen LogP contribution < -0.4 is 11.1 Å². The average molecular weight is 339 g/mol. The molecule has 1 atom stereocenters. The minimum absolute atomic E-state index is 0.0208. The molecule has 0 unspecified atom stereocenters. The van der Waals surface area contributed by atoms with Gasteiger partial charge < -0.3 is 11.1 Å². The zero-order valence-electron chi connectivity index (χ0n) is 13.7. The van der Waals surface area contributed by atoms with E-state index in [4.69, 9.17) is 5.73 Å². The molecule has 1 aliphatic heterocycles. The van der Waals surface area contributed by atoms with Gasteiger partial charge in [0, 0.05) is 17.5 Å². The first kappa shape index (κ1) is 18.3. The molecule has 3 N–H and O–H groups in total. The molecule has 0 aliphatic carbocycles. The first-order chi connectivity index (χ1) is 11.4. The Morgan fingerprint density at radius 2 is 1.88 bits per heavy atom. The summed E-state index contributed by atoms with van der Waals surface area (Å²) in [5, 5.41) is 2.76. The second kappa shape index (κ2) is 8.19. The summed E-state index contributed by atoms with van der Waals surface area (Å²) < 4.78 is 27.2. The van der Waals surface area contributed by atoms with E-state index in [1.54, 1.807) is 6.92 Å². The standard InChI is InChI=1S/C17H23F2N3O2/c1-11(9-13-14(18)3-2-4-15(13)19)21-16(23)10-22-7-5-12(6-8-22)17(20)24/h2-4,11-12H,5-10H2,1H3,(H2,20,24)(H,21,23)/t11-/m0/s1. The van der Waals surface area contributed by atoms with Crippen molar-refractivity contribution >= 4 is 11.8 Å². The van der Waals surface area contributed by atoms with Gasteiger partial charge in [0.05, 0.1) is 6.54 Å². The zero-order valence-corrected chi connectivity index (χ0v) is 13.7. The number of hydrogen-bond donors (Lipinski definition) is 2. The van der Waals surface area contributed by atoms with Gasteiger partial charge in [0.1, 0.15) is 11.6 Å². The molecule has 0 radical (unpaired) electrons. The van der Waals surface area contributed by atoms with Crippen LogP contribution in [0.4, 0.5) is 8.78 Å². The number of carbonyl (C=O) groups excluding carboxylic acids is 2. The lowest BCUT2D eigenvalue weighted by molar-refractivity contribution is -0.124. The van der Waals surface area contributed by atoms with E-state index in [2.05, 4.69) is 5.32 Å². The monoisotopic (exact) mass is 339 g/mol. The molecule has 0 saturated carbocycles. The Hall–Kier alpha value is -2.02. The van der Waals surface area contributed by atoms with E-state index in [0.29, 0.717) is 25.9 Å². The Balaban J connectivity index is 1.79. The topological polar surface area (TPSA) is 75.4 Å². The molecule has 1 heterocycles. The third-order valence-electron chi connectivity index (χ3n) is 4.34. The summed E-state index contributed by atoms with van der Waals surface area (Å²) in [5.41, 5.74) is 5.26. The highest BCUT2D eigenvalue weighted by molar-refractivity contribution is 5.78. The van der Waals surface area contributed by atoms with Crippen molar-refractivity contribution in [3.63, 3.8) is 0 Å². The Labute approximate surface area is 140 Å². The third-order valence-corrected chi connectivity index (χ3v) is 4.34. The van der Waals surface area contributed by atoms with Crippen molar-refractivity contribution in [1.82, 2.24) is 10.2 Å². The number of likely N-dealkylation sites (tertiary alicyclic amines) is 1. The van der Waals surface area contributed by atoms with E-state index in [0.717, 1.165) is 0 Å². The molecule has 2 amide bonds. The maximum absolute atomic E-state index is 13.6. The Kier molecular flexibility index (Phi) is 6.25. The molecule has 1 saturated heterocycles. The maximum atomic E-state index is 13.6. The number of hydrogen-bond acceptors (Lipinski definition) is 3. The van der Waals surface area contributed by atoms with Crippen molar-refractivity contribution in [2.75, 3.05) is 19.6 Å². The molecule has 1 fully saturated rings. The molecular formula is C17H23F2N3O2. The molecule has 0 spiro atoms. The van der Waals surface area contributed by atoms with Gasteiger partial charge in [-0.05, 0) is 51.4 Å². The number of rotatable bonds is 6. The average Bonchev–Trinajstić information content (AvgIpc) is 2.51. The predicted molar refractivity (Wildman–Crippen MR) is 86.0 cm³/mol. The third kappa shape index (κ3) is 4.99. The molecule has 0 aromatic heterocycles. The highest BCUT2D eigenvalue weighted by atomic mass is 19.1. The van der Waals surface area contributed by atoms with Crippen LogP contribution in [0, 0.1) is 17.6 Å². The van der Waals surface area contributed by atoms with Gasteiger partial charge in [-0.2, -0.15) is 0 Å². The Morgan fingerprint density at radius 3 is 2.42 bits per heavy atom. The van der Waals surface area contributed by atoms with Gasteiger partial charge in [0.15, 0.2) is 0 Å². The molecular weight excluding hydrogens is 316 g/mol. The van der Waals surface area contributed by atoms with Gasteiger partial charge in [-0.15, -0.1) is 0 Å². The van der Waals surface area contributed by atoms with Crippen LogP contribution in [0.15, 0.2) is 18.2 Å². The molecule has 24 heavy (non-hydrogen) atoms. The SMILES string of the molecule is C[C@@H](Cc1c(F)cccc1F)NC(=O)CN1CCC(C(N)=O)CC1. The fourth-order valence-corrected chi connectivity index (χ4v) is 2.98. The number of halogens is 2. The smallest absolute Gasteiger partial charge is 0.234 e. The molecule has 1 aromatic rings. The summed E-state index contributed by atoms with van der Waals surface area (Å²) >= 11 is 0. The highest BCUT2D eigenvalue weighted by Crippen LogP contribution is 2.16. The van der Waals surface area contributed by atoms with Crippen LogP contribution in [0.3, 0.4) is 0 Å². The Morgan fingerprint density at radius 1 is 1.29 bits per heavy atom. The first-order valence-corrected chi connectivity index (χ1v) is 8.10. The van der Waals surface area contributed by atoms with Crippen LogP contribution in [-0.4, -0.2) is 42.4 Å². The lowest BCUT2D eigenvalue weighted by atomic mass is 9.96. The number of amides is 2. The fraction of sp³-hybridized carbons (Fsp3) is 0.529. The number of piperidine rings is 1. The van der Waals surface area contributed by atoms with Gasteiger partial charge >= 0.3 is 0 Å². The van der Waals surface area contributed by atoms with E-state index < -0.39 is 11.6 Å².